The van der Waals surface area contributed by atoms with Gasteiger partial charge in [-0.05, 0) is 24.1 Å². The summed E-state index contributed by atoms with van der Waals surface area (Å²) in [6.07, 6.45) is 4.61. The average molecular weight is 364 g/mol. The lowest BCUT2D eigenvalue weighted by Gasteiger charge is -2.35. The van der Waals surface area contributed by atoms with E-state index in [-0.39, 0.29) is 5.91 Å². The highest BCUT2D eigenvalue weighted by Gasteiger charge is 2.27. The molecule has 1 saturated heterocycles. The molecule has 4 heteroatoms. The van der Waals surface area contributed by atoms with E-state index < -0.39 is 6.10 Å². The first-order chi connectivity index (χ1) is 13.3. The molecule has 1 amide bonds. The van der Waals surface area contributed by atoms with Gasteiger partial charge in [0.25, 0.3) is 5.91 Å². The average Bonchev–Trinajstić information content (AvgIpc) is 2.73. The summed E-state index contributed by atoms with van der Waals surface area (Å²) in [5.41, 5.74) is 1.22. The molecule has 0 bridgehead atoms. The maximum Gasteiger partial charge on any atom is 0.263 e. The van der Waals surface area contributed by atoms with Crippen molar-refractivity contribution in [3.8, 4) is 5.75 Å². The normalized spacial score (nSPS) is 16.4. The summed E-state index contributed by atoms with van der Waals surface area (Å²) in [6.45, 7) is 6.21. The molecule has 1 heterocycles. The maximum absolute atomic E-state index is 12.8. The van der Waals surface area contributed by atoms with Gasteiger partial charge in [-0.25, -0.2) is 0 Å². The molecule has 0 spiro atoms. The molecule has 2 aromatic carbocycles. The number of hydrogen-bond donors (Lipinski definition) is 0. The molecule has 0 aromatic heterocycles. The van der Waals surface area contributed by atoms with Crippen LogP contribution in [-0.2, 0) is 4.79 Å². The SMILES string of the molecule is CC[C@@H](Oc1ccccc1)C(=O)N1CCN(C/C=C/c2ccccc2)CC1. The quantitative estimate of drug-likeness (QED) is 0.751. The van der Waals surface area contributed by atoms with Crippen molar-refractivity contribution in [2.45, 2.75) is 19.4 Å². The van der Waals surface area contributed by atoms with Gasteiger partial charge in [0.2, 0.25) is 0 Å². The molecule has 1 fully saturated rings. The number of ether oxygens (including phenoxy) is 1. The number of amides is 1. The number of carbonyl (C=O) groups is 1. The topological polar surface area (TPSA) is 32.8 Å². The Labute approximate surface area is 162 Å². The summed E-state index contributed by atoms with van der Waals surface area (Å²) in [7, 11) is 0. The summed E-state index contributed by atoms with van der Waals surface area (Å²) in [4.78, 5) is 17.1. The zero-order valence-electron chi connectivity index (χ0n) is 16.0. The Hall–Kier alpha value is -2.59. The molecule has 1 atom stereocenters. The third-order valence-corrected chi connectivity index (χ3v) is 4.83. The van der Waals surface area contributed by atoms with Crippen LogP contribution in [-0.4, -0.2) is 54.5 Å². The van der Waals surface area contributed by atoms with Crippen molar-refractivity contribution in [2.24, 2.45) is 0 Å². The van der Waals surface area contributed by atoms with E-state index in [1.807, 2.05) is 60.4 Å². The van der Waals surface area contributed by atoms with Crippen LogP contribution in [0.1, 0.15) is 18.9 Å². The number of hydrogen-bond acceptors (Lipinski definition) is 3. The van der Waals surface area contributed by atoms with Crippen molar-refractivity contribution < 1.29 is 9.53 Å². The molecular formula is C23H28N2O2. The molecule has 142 valence electrons. The molecule has 4 nitrogen and oxygen atoms in total. The Morgan fingerprint density at radius 3 is 2.26 bits per heavy atom. The van der Waals surface area contributed by atoms with Gasteiger partial charge in [-0.15, -0.1) is 0 Å². The minimum Gasteiger partial charge on any atom is -0.481 e. The lowest BCUT2D eigenvalue weighted by molar-refractivity contribution is -0.140. The molecule has 0 aliphatic carbocycles. The van der Waals surface area contributed by atoms with Gasteiger partial charge in [0.1, 0.15) is 5.75 Å². The molecule has 2 aromatic rings. The van der Waals surface area contributed by atoms with Crippen molar-refractivity contribution in [3.05, 3.63) is 72.3 Å². The maximum atomic E-state index is 12.8. The largest absolute Gasteiger partial charge is 0.481 e. The molecular weight excluding hydrogens is 336 g/mol. The highest BCUT2D eigenvalue weighted by molar-refractivity contribution is 5.81. The minimum absolute atomic E-state index is 0.0980. The van der Waals surface area contributed by atoms with Crippen LogP contribution in [0.3, 0.4) is 0 Å². The van der Waals surface area contributed by atoms with Crippen molar-refractivity contribution >= 4 is 12.0 Å². The van der Waals surface area contributed by atoms with E-state index in [1.165, 1.54) is 5.56 Å². The second-order valence-corrected chi connectivity index (χ2v) is 6.77. The Morgan fingerprint density at radius 1 is 1.00 bits per heavy atom. The molecule has 3 rings (SSSR count). The van der Waals surface area contributed by atoms with E-state index in [0.29, 0.717) is 6.42 Å². The second kappa shape index (κ2) is 9.93. The van der Waals surface area contributed by atoms with E-state index in [4.69, 9.17) is 4.74 Å². The lowest BCUT2D eigenvalue weighted by atomic mass is 10.2. The molecule has 1 aliphatic rings. The number of carbonyl (C=O) groups excluding carboxylic acids is 1. The van der Waals surface area contributed by atoms with Gasteiger partial charge in [0.15, 0.2) is 6.10 Å². The molecule has 0 unspecified atom stereocenters. The van der Waals surface area contributed by atoms with E-state index in [0.717, 1.165) is 38.5 Å². The van der Waals surface area contributed by atoms with Crippen LogP contribution in [0, 0.1) is 0 Å². The summed E-state index contributed by atoms with van der Waals surface area (Å²) < 4.78 is 5.90. The van der Waals surface area contributed by atoms with E-state index >= 15 is 0 Å². The first-order valence-electron chi connectivity index (χ1n) is 9.70. The van der Waals surface area contributed by atoms with Gasteiger partial charge < -0.3 is 9.64 Å². The van der Waals surface area contributed by atoms with Crippen molar-refractivity contribution in [1.29, 1.82) is 0 Å². The number of benzene rings is 2. The predicted octanol–water partition coefficient (Wildman–Crippen LogP) is 3.70. The first-order valence-corrected chi connectivity index (χ1v) is 9.70. The third-order valence-electron chi connectivity index (χ3n) is 4.83. The minimum atomic E-state index is -0.406. The Kier molecular flexibility index (Phi) is 7.05. The molecule has 0 N–H and O–H groups in total. The van der Waals surface area contributed by atoms with E-state index in [9.17, 15) is 4.79 Å². The van der Waals surface area contributed by atoms with Crippen LogP contribution in [0.2, 0.25) is 0 Å². The fourth-order valence-corrected chi connectivity index (χ4v) is 3.23. The van der Waals surface area contributed by atoms with Gasteiger partial charge in [-0.1, -0.05) is 67.6 Å². The summed E-state index contributed by atoms with van der Waals surface area (Å²) in [6, 6.07) is 19.9. The summed E-state index contributed by atoms with van der Waals surface area (Å²) in [5, 5.41) is 0. The van der Waals surface area contributed by atoms with Gasteiger partial charge in [-0.3, -0.25) is 9.69 Å². The van der Waals surface area contributed by atoms with E-state index in [1.54, 1.807) is 0 Å². The van der Waals surface area contributed by atoms with Crippen LogP contribution >= 0.6 is 0 Å². The number of piperazine rings is 1. The van der Waals surface area contributed by atoms with Gasteiger partial charge in [0, 0.05) is 32.7 Å². The van der Waals surface area contributed by atoms with E-state index in [2.05, 4.69) is 29.2 Å². The second-order valence-electron chi connectivity index (χ2n) is 6.77. The van der Waals surface area contributed by atoms with Crippen LogP contribution in [0.15, 0.2) is 66.7 Å². The Balaban J connectivity index is 1.46. The molecule has 0 radical (unpaired) electrons. The van der Waals surface area contributed by atoms with Crippen LogP contribution in [0.4, 0.5) is 0 Å². The molecule has 0 saturated carbocycles. The van der Waals surface area contributed by atoms with Crippen LogP contribution in [0.5, 0.6) is 5.75 Å². The monoisotopic (exact) mass is 364 g/mol. The third kappa shape index (κ3) is 5.69. The van der Waals surface area contributed by atoms with Gasteiger partial charge in [0.05, 0.1) is 0 Å². The fraction of sp³-hybridized carbons (Fsp3) is 0.348. The molecule has 1 aliphatic heterocycles. The van der Waals surface area contributed by atoms with Crippen LogP contribution in [0.25, 0.3) is 6.08 Å². The number of nitrogens with zero attached hydrogens (tertiary/aromatic N) is 2. The molecule has 27 heavy (non-hydrogen) atoms. The van der Waals surface area contributed by atoms with Crippen molar-refractivity contribution in [1.82, 2.24) is 9.80 Å². The lowest BCUT2D eigenvalue weighted by Crippen LogP contribution is -2.52. The summed E-state index contributed by atoms with van der Waals surface area (Å²) >= 11 is 0. The highest BCUT2D eigenvalue weighted by atomic mass is 16.5. The first kappa shape index (κ1) is 19.2. The zero-order valence-corrected chi connectivity index (χ0v) is 16.0. The standard InChI is InChI=1S/C23H28N2O2/c1-2-22(27-21-13-7-4-8-14-21)23(26)25-18-16-24(17-19-25)15-9-12-20-10-5-3-6-11-20/h3-14,22H,2,15-19H2,1H3/b12-9+/t22-/m1/s1. The van der Waals surface area contributed by atoms with Crippen molar-refractivity contribution in [3.63, 3.8) is 0 Å². The highest BCUT2D eigenvalue weighted by Crippen LogP contribution is 2.15. The van der Waals surface area contributed by atoms with Gasteiger partial charge >= 0.3 is 0 Å². The number of rotatable bonds is 7. The summed E-state index contributed by atoms with van der Waals surface area (Å²) in [5.74, 6) is 0.850. The van der Waals surface area contributed by atoms with Crippen LogP contribution < -0.4 is 4.74 Å². The Bertz CT molecular complexity index is 723. The van der Waals surface area contributed by atoms with Crippen molar-refractivity contribution in [2.75, 3.05) is 32.7 Å². The fourth-order valence-electron chi connectivity index (χ4n) is 3.23. The van der Waals surface area contributed by atoms with Gasteiger partial charge in [-0.2, -0.15) is 0 Å². The number of para-hydroxylation sites is 1. The Morgan fingerprint density at radius 2 is 1.63 bits per heavy atom. The smallest absolute Gasteiger partial charge is 0.263 e. The predicted molar refractivity (Wildman–Crippen MR) is 110 cm³/mol. The zero-order chi connectivity index (χ0) is 18.9.